The van der Waals surface area contributed by atoms with Gasteiger partial charge in [-0.1, -0.05) is 0 Å². The Hall–Kier alpha value is -2.79. The standard InChI is InChI=1S/C22H25F3N2O5S/c1-33(30,31)20-12-17(4-7-19(20)28)26-21(29)13-27-10-8-15(9-11-27)14-32-18-5-2-16(3-6-18)22(23,24)25/h2-7,12,15,28H,8-11,13-14H2,1H3,(H,26,29). The summed E-state index contributed by atoms with van der Waals surface area (Å²) in [5.74, 6) is -0.0797. The summed E-state index contributed by atoms with van der Waals surface area (Å²) in [7, 11) is -3.63. The molecule has 2 N–H and O–H groups in total. The van der Waals surface area contributed by atoms with Gasteiger partial charge in [-0.25, -0.2) is 8.42 Å². The van der Waals surface area contributed by atoms with Crippen LogP contribution in [0.4, 0.5) is 18.9 Å². The monoisotopic (exact) mass is 486 g/mol. The Morgan fingerprint density at radius 3 is 2.36 bits per heavy atom. The molecule has 3 rings (SSSR count). The van der Waals surface area contributed by atoms with Crippen LogP contribution in [0, 0.1) is 5.92 Å². The zero-order valence-corrected chi connectivity index (χ0v) is 18.7. The Balaban J connectivity index is 1.43. The fraction of sp³-hybridized carbons (Fsp3) is 0.409. The largest absolute Gasteiger partial charge is 0.507 e. The first-order valence-electron chi connectivity index (χ1n) is 10.3. The number of phenolic OH excluding ortho intramolecular Hbond substituents is 1. The van der Waals surface area contributed by atoms with Crippen molar-refractivity contribution in [1.82, 2.24) is 4.90 Å². The zero-order valence-electron chi connectivity index (χ0n) is 17.9. The number of halogens is 3. The number of phenols is 1. The second kappa shape index (κ2) is 10.0. The third kappa shape index (κ3) is 7.10. The lowest BCUT2D eigenvalue weighted by Gasteiger charge is -2.31. The number of benzene rings is 2. The molecule has 0 atom stereocenters. The van der Waals surface area contributed by atoms with Gasteiger partial charge in [-0.05, 0) is 74.3 Å². The molecule has 1 heterocycles. The number of nitrogens with zero attached hydrogens (tertiary/aromatic N) is 1. The predicted octanol–water partition coefficient (Wildman–Crippen LogP) is 3.54. The van der Waals surface area contributed by atoms with E-state index in [9.17, 15) is 31.5 Å². The molecular formula is C22H25F3N2O5S. The summed E-state index contributed by atoms with van der Waals surface area (Å²) in [5, 5.41) is 12.3. The molecule has 11 heteroatoms. The Bertz CT molecular complexity index is 1080. The molecule has 0 unspecified atom stereocenters. The molecular weight excluding hydrogens is 461 g/mol. The average molecular weight is 487 g/mol. The Kier molecular flexibility index (Phi) is 7.53. The summed E-state index contributed by atoms with van der Waals surface area (Å²) in [6.45, 7) is 1.81. The lowest BCUT2D eigenvalue weighted by atomic mass is 9.98. The van der Waals surface area contributed by atoms with Gasteiger partial charge in [0, 0.05) is 11.9 Å². The minimum Gasteiger partial charge on any atom is -0.507 e. The highest BCUT2D eigenvalue weighted by atomic mass is 32.2. The van der Waals surface area contributed by atoms with Gasteiger partial charge in [0.05, 0.1) is 18.7 Å². The van der Waals surface area contributed by atoms with Gasteiger partial charge in [0.1, 0.15) is 16.4 Å². The number of amides is 1. The smallest absolute Gasteiger partial charge is 0.416 e. The van der Waals surface area contributed by atoms with Crippen molar-refractivity contribution in [3.63, 3.8) is 0 Å². The second-order valence-electron chi connectivity index (χ2n) is 8.06. The summed E-state index contributed by atoms with van der Waals surface area (Å²) in [4.78, 5) is 14.1. The van der Waals surface area contributed by atoms with E-state index in [4.69, 9.17) is 4.74 Å². The van der Waals surface area contributed by atoms with Crippen molar-refractivity contribution in [3.8, 4) is 11.5 Å². The molecule has 1 aliphatic heterocycles. The van der Waals surface area contributed by atoms with Crippen LogP contribution < -0.4 is 10.1 Å². The van der Waals surface area contributed by atoms with Crippen LogP contribution in [0.1, 0.15) is 18.4 Å². The number of ether oxygens (including phenoxy) is 1. The Morgan fingerprint density at radius 1 is 1.15 bits per heavy atom. The van der Waals surface area contributed by atoms with Gasteiger partial charge in [-0.3, -0.25) is 9.69 Å². The number of rotatable bonds is 7. The van der Waals surface area contributed by atoms with Crippen LogP contribution in [0.5, 0.6) is 11.5 Å². The number of anilines is 1. The minimum atomic E-state index is -4.38. The topological polar surface area (TPSA) is 95.9 Å². The molecule has 2 aromatic carbocycles. The maximum atomic E-state index is 12.6. The van der Waals surface area contributed by atoms with Crippen molar-refractivity contribution in [2.45, 2.75) is 23.9 Å². The number of likely N-dealkylation sites (tertiary alicyclic amines) is 1. The quantitative estimate of drug-likeness (QED) is 0.582. The fourth-order valence-corrected chi connectivity index (χ4v) is 4.35. The van der Waals surface area contributed by atoms with Gasteiger partial charge in [0.25, 0.3) is 0 Å². The number of alkyl halides is 3. The van der Waals surface area contributed by atoms with E-state index in [0.29, 0.717) is 25.4 Å². The predicted molar refractivity (Wildman–Crippen MR) is 116 cm³/mol. The summed E-state index contributed by atoms with van der Waals surface area (Å²) in [5.41, 5.74) is -0.445. The van der Waals surface area contributed by atoms with Crippen LogP contribution in [-0.4, -0.2) is 56.8 Å². The molecule has 1 aliphatic rings. The van der Waals surface area contributed by atoms with Crippen molar-refractivity contribution in [3.05, 3.63) is 48.0 Å². The highest BCUT2D eigenvalue weighted by molar-refractivity contribution is 7.90. The maximum absolute atomic E-state index is 12.6. The van der Waals surface area contributed by atoms with E-state index in [-0.39, 0.29) is 34.7 Å². The van der Waals surface area contributed by atoms with Gasteiger partial charge in [-0.2, -0.15) is 13.2 Å². The number of nitrogens with one attached hydrogen (secondary N) is 1. The average Bonchev–Trinajstić information content (AvgIpc) is 2.73. The van der Waals surface area contributed by atoms with Gasteiger partial charge in [0.15, 0.2) is 9.84 Å². The number of hydrogen-bond donors (Lipinski definition) is 2. The molecule has 7 nitrogen and oxygen atoms in total. The first-order valence-corrected chi connectivity index (χ1v) is 12.2. The number of sulfone groups is 1. The number of aromatic hydroxyl groups is 1. The Labute approximate surface area is 190 Å². The molecule has 0 saturated carbocycles. The number of carbonyl (C=O) groups excluding carboxylic acids is 1. The van der Waals surface area contributed by atoms with Crippen molar-refractivity contribution in [1.29, 1.82) is 0 Å². The molecule has 33 heavy (non-hydrogen) atoms. The van der Waals surface area contributed by atoms with Crippen LogP contribution >= 0.6 is 0 Å². The van der Waals surface area contributed by atoms with Crippen LogP contribution in [0.25, 0.3) is 0 Å². The van der Waals surface area contributed by atoms with Crippen LogP contribution in [-0.2, 0) is 20.8 Å². The maximum Gasteiger partial charge on any atom is 0.416 e. The summed E-state index contributed by atoms with van der Waals surface area (Å²) < 4.78 is 66.9. The first-order chi connectivity index (χ1) is 15.4. The molecule has 1 amide bonds. The van der Waals surface area contributed by atoms with E-state index in [0.717, 1.165) is 31.2 Å². The van der Waals surface area contributed by atoms with Crippen LogP contribution in [0.2, 0.25) is 0 Å². The van der Waals surface area contributed by atoms with Crippen molar-refractivity contribution < 1.29 is 36.2 Å². The third-order valence-electron chi connectivity index (χ3n) is 5.38. The van der Waals surface area contributed by atoms with Gasteiger partial charge in [-0.15, -0.1) is 0 Å². The van der Waals surface area contributed by atoms with E-state index in [2.05, 4.69) is 5.32 Å². The van der Waals surface area contributed by atoms with Gasteiger partial charge >= 0.3 is 6.18 Å². The summed E-state index contributed by atoms with van der Waals surface area (Å²) >= 11 is 0. The molecule has 0 aliphatic carbocycles. The molecule has 180 valence electrons. The van der Waals surface area contributed by atoms with E-state index < -0.39 is 21.6 Å². The molecule has 0 radical (unpaired) electrons. The lowest BCUT2D eigenvalue weighted by molar-refractivity contribution is -0.137. The lowest BCUT2D eigenvalue weighted by Crippen LogP contribution is -2.40. The molecule has 1 fully saturated rings. The SMILES string of the molecule is CS(=O)(=O)c1cc(NC(=O)CN2CCC(COc3ccc(C(F)(F)F)cc3)CC2)ccc1O. The van der Waals surface area contributed by atoms with Gasteiger partial charge in [0.2, 0.25) is 5.91 Å². The van der Waals surface area contributed by atoms with E-state index >= 15 is 0 Å². The summed E-state index contributed by atoms with van der Waals surface area (Å²) in [6, 6.07) is 8.45. The molecule has 0 bridgehead atoms. The number of hydrogen-bond acceptors (Lipinski definition) is 6. The molecule has 0 aromatic heterocycles. The molecule has 1 saturated heterocycles. The van der Waals surface area contributed by atoms with Crippen molar-refractivity contribution in [2.24, 2.45) is 5.92 Å². The highest BCUT2D eigenvalue weighted by Crippen LogP contribution is 2.30. The van der Waals surface area contributed by atoms with Crippen LogP contribution in [0.3, 0.4) is 0 Å². The zero-order chi connectivity index (χ0) is 24.2. The first kappa shape index (κ1) is 24.8. The van der Waals surface area contributed by atoms with Crippen molar-refractivity contribution >= 4 is 21.4 Å². The number of carbonyl (C=O) groups is 1. The van der Waals surface area contributed by atoms with E-state index in [1.807, 2.05) is 4.90 Å². The minimum absolute atomic E-state index is 0.127. The number of piperidine rings is 1. The highest BCUT2D eigenvalue weighted by Gasteiger charge is 2.30. The van der Waals surface area contributed by atoms with Crippen LogP contribution in [0.15, 0.2) is 47.4 Å². The van der Waals surface area contributed by atoms with E-state index in [1.165, 1.54) is 30.3 Å². The summed E-state index contributed by atoms with van der Waals surface area (Å²) in [6.07, 6.45) is -1.87. The van der Waals surface area contributed by atoms with Gasteiger partial charge < -0.3 is 15.2 Å². The normalized spacial score (nSPS) is 15.9. The van der Waals surface area contributed by atoms with Crippen molar-refractivity contribution in [2.75, 3.05) is 37.8 Å². The van der Waals surface area contributed by atoms with E-state index in [1.54, 1.807) is 0 Å². The Morgan fingerprint density at radius 2 is 1.79 bits per heavy atom. The third-order valence-corrected chi connectivity index (χ3v) is 6.51. The molecule has 2 aromatic rings. The second-order valence-corrected chi connectivity index (χ2v) is 10.0. The fourth-order valence-electron chi connectivity index (χ4n) is 3.56. The molecule has 0 spiro atoms.